The second kappa shape index (κ2) is 7.99. The summed E-state index contributed by atoms with van der Waals surface area (Å²) >= 11 is 0. The lowest BCUT2D eigenvalue weighted by Gasteiger charge is -2.39. The van der Waals surface area contributed by atoms with Crippen LogP contribution < -0.4 is 0 Å². The Labute approximate surface area is 173 Å². The van der Waals surface area contributed by atoms with Crippen LogP contribution in [0.25, 0.3) is 0 Å². The van der Waals surface area contributed by atoms with E-state index in [1.54, 1.807) is 0 Å². The van der Waals surface area contributed by atoms with Crippen molar-refractivity contribution in [1.82, 2.24) is 9.80 Å². The number of piperazine rings is 1. The molecule has 4 rings (SSSR count). The van der Waals surface area contributed by atoms with E-state index in [9.17, 15) is 4.79 Å². The molecule has 2 aromatic rings. The van der Waals surface area contributed by atoms with Crippen molar-refractivity contribution in [2.45, 2.75) is 20.3 Å². The first-order valence-corrected chi connectivity index (χ1v) is 10.3. The van der Waals surface area contributed by atoms with Crippen molar-refractivity contribution in [3.05, 3.63) is 65.2 Å². The zero-order valence-electron chi connectivity index (χ0n) is 17.5. The van der Waals surface area contributed by atoms with Gasteiger partial charge in [0, 0.05) is 44.7 Å². The molecule has 0 aromatic heterocycles. The molecule has 2 aliphatic rings. The van der Waals surface area contributed by atoms with Gasteiger partial charge in [-0.25, -0.2) is 4.99 Å². The first-order valence-electron chi connectivity index (χ1n) is 10.3. The van der Waals surface area contributed by atoms with Gasteiger partial charge in [-0.2, -0.15) is 0 Å². The number of hydrogen-bond donors (Lipinski definition) is 0. The molecular formula is C24H29N3O2. The molecule has 0 spiro atoms. The van der Waals surface area contributed by atoms with Gasteiger partial charge in [-0.1, -0.05) is 42.5 Å². The summed E-state index contributed by atoms with van der Waals surface area (Å²) in [6, 6.07) is 17.0. The van der Waals surface area contributed by atoms with Gasteiger partial charge >= 0.3 is 5.97 Å². The molecule has 0 unspecified atom stereocenters. The summed E-state index contributed by atoms with van der Waals surface area (Å²) in [4.78, 5) is 21.9. The molecule has 0 atom stereocenters. The number of methoxy groups -OCH3 is 1. The first kappa shape index (κ1) is 19.6. The van der Waals surface area contributed by atoms with Crippen LogP contribution in [0.1, 0.15) is 30.5 Å². The molecular weight excluding hydrogens is 362 g/mol. The lowest BCUT2D eigenvalue weighted by molar-refractivity contribution is -0.152. The third-order valence-corrected chi connectivity index (χ3v) is 5.89. The summed E-state index contributed by atoms with van der Waals surface area (Å²) in [6.45, 7) is 8.21. The summed E-state index contributed by atoms with van der Waals surface area (Å²) in [6.07, 6.45) is 0.909. The summed E-state index contributed by atoms with van der Waals surface area (Å²) in [7, 11) is 1.46. The molecule has 2 aromatic carbocycles. The monoisotopic (exact) mass is 391 g/mol. The van der Waals surface area contributed by atoms with Crippen LogP contribution in [0.3, 0.4) is 0 Å². The number of nitrogens with zero attached hydrogens (tertiary/aromatic N) is 3. The number of rotatable bonds is 3. The second-order valence-corrected chi connectivity index (χ2v) is 8.54. The van der Waals surface area contributed by atoms with Crippen LogP contribution in [0.15, 0.2) is 53.5 Å². The van der Waals surface area contributed by atoms with Crippen molar-refractivity contribution in [1.29, 1.82) is 0 Å². The van der Waals surface area contributed by atoms with Crippen molar-refractivity contribution >= 4 is 17.5 Å². The fourth-order valence-corrected chi connectivity index (χ4v) is 4.30. The Kier molecular flexibility index (Phi) is 5.41. The third kappa shape index (κ3) is 4.06. The molecule has 1 saturated heterocycles. The molecule has 0 bridgehead atoms. The Morgan fingerprint density at radius 1 is 1.00 bits per heavy atom. The Balaban J connectivity index is 1.55. The fraction of sp³-hybridized carbons (Fsp3) is 0.417. The minimum Gasteiger partial charge on any atom is -0.469 e. The molecule has 2 aliphatic heterocycles. The zero-order valence-corrected chi connectivity index (χ0v) is 17.5. The van der Waals surface area contributed by atoms with Gasteiger partial charge in [0.05, 0.1) is 18.2 Å². The highest BCUT2D eigenvalue weighted by atomic mass is 16.5. The van der Waals surface area contributed by atoms with E-state index in [0.29, 0.717) is 6.54 Å². The van der Waals surface area contributed by atoms with Gasteiger partial charge in [0.1, 0.15) is 5.84 Å². The number of esters is 1. The maximum Gasteiger partial charge on any atom is 0.312 e. The number of carbonyl (C=O) groups excluding carboxylic acids is 1. The largest absolute Gasteiger partial charge is 0.469 e. The maximum absolute atomic E-state index is 12.0. The molecule has 1 fully saturated rings. The Bertz CT molecular complexity index is 927. The first-order chi connectivity index (χ1) is 14.0. The Morgan fingerprint density at radius 2 is 1.66 bits per heavy atom. The molecule has 0 radical (unpaired) electrons. The van der Waals surface area contributed by atoms with E-state index in [4.69, 9.17) is 9.73 Å². The lowest BCUT2D eigenvalue weighted by atomic mass is 9.92. The van der Waals surface area contributed by atoms with E-state index in [1.165, 1.54) is 23.8 Å². The number of ether oxygens (including phenoxy) is 1. The highest BCUT2D eigenvalue weighted by Crippen LogP contribution is 2.30. The Hall–Kier alpha value is -2.66. The second-order valence-electron chi connectivity index (χ2n) is 8.54. The standard InChI is InChI=1S/C24H29N3O2/c1-24(2,23(28)29-3)17-26-12-14-27(15-13-26)22-20-10-6-4-8-18(20)16-19-9-5-7-11-21(19)25-22/h4-11H,12-17H2,1-3H3. The third-order valence-electron chi connectivity index (χ3n) is 5.89. The van der Waals surface area contributed by atoms with Gasteiger partial charge in [0.15, 0.2) is 0 Å². The highest BCUT2D eigenvalue weighted by Gasteiger charge is 2.33. The summed E-state index contributed by atoms with van der Waals surface area (Å²) in [5.74, 6) is 0.913. The minimum absolute atomic E-state index is 0.154. The van der Waals surface area contributed by atoms with Gasteiger partial charge in [0.25, 0.3) is 0 Å². The number of para-hydroxylation sites is 1. The van der Waals surface area contributed by atoms with Gasteiger partial charge in [-0.15, -0.1) is 0 Å². The smallest absolute Gasteiger partial charge is 0.312 e. The number of benzene rings is 2. The van der Waals surface area contributed by atoms with E-state index in [-0.39, 0.29) is 5.97 Å². The van der Waals surface area contributed by atoms with Gasteiger partial charge in [-0.3, -0.25) is 9.69 Å². The molecule has 5 heteroatoms. The van der Waals surface area contributed by atoms with E-state index >= 15 is 0 Å². The van der Waals surface area contributed by atoms with Crippen LogP contribution in [0, 0.1) is 5.41 Å². The molecule has 0 saturated carbocycles. The normalized spacial score (nSPS) is 17.1. The molecule has 0 aliphatic carbocycles. The summed E-state index contributed by atoms with van der Waals surface area (Å²) < 4.78 is 4.96. The van der Waals surface area contributed by atoms with Crippen LogP contribution in [0.2, 0.25) is 0 Å². The molecule has 5 nitrogen and oxygen atoms in total. The Morgan fingerprint density at radius 3 is 2.38 bits per heavy atom. The van der Waals surface area contributed by atoms with Crippen LogP contribution in [0.4, 0.5) is 5.69 Å². The van der Waals surface area contributed by atoms with Gasteiger partial charge in [-0.05, 0) is 31.0 Å². The van der Waals surface area contributed by atoms with Crippen LogP contribution in [0.5, 0.6) is 0 Å². The minimum atomic E-state index is -0.498. The van der Waals surface area contributed by atoms with Crippen molar-refractivity contribution < 1.29 is 9.53 Å². The number of aliphatic imine (C=N–C) groups is 1. The van der Waals surface area contributed by atoms with Crippen LogP contribution in [-0.4, -0.2) is 61.4 Å². The maximum atomic E-state index is 12.0. The topological polar surface area (TPSA) is 45.1 Å². The van der Waals surface area contributed by atoms with Crippen molar-refractivity contribution in [3.63, 3.8) is 0 Å². The predicted molar refractivity (Wildman–Crippen MR) is 116 cm³/mol. The highest BCUT2D eigenvalue weighted by molar-refractivity contribution is 6.02. The predicted octanol–water partition coefficient (Wildman–Crippen LogP) is 3.49. The van der Waals surface area contributed by atoms with Crippen LogP contribution >= 0.6 is 0 Å². The van der Waals surface area contributed by atoms with Crippen LogP contribution in [-0.2, 0) is 16.0 Å². The summed E-state index contributed by atoms with van der Waals surface area (Å²) in [5.41, 5.74) is 4.39. The van der Waals surface area contributed by atoms with Crippen molar-refractivity contribution in [3.8, 4) is 0 Å². The van der Waals surface area contributed by atoms with E-state index in [2.05, 4.69) is 58.3 Å². The molecule has 0 N–H and O–H groups in total. The van der Waals surface area contributed by atoms with Gasteiger partial charge < -0.3 is 9.64 Å². The van der Waals surface area contributed by atoms with Crippen molar-refractivity contribution in [2.75, 3.05) is 39.8 Å². The number of fused-ring (bicyclic) bond motifs is 2. The van der Waals surface area contributed by atoms with E-state index in [1.807, 2.05) is 13.8 Å². The fourth-order valence-electron chi connectivity index (χ4n) is 4.30. The average molecular weight is 392 g/mol. The summed E-state index contributed by atoms with van der Waals surface area (Å²) in [5, 5.41) is 0. The van der Waals surface area contributed by atoms with Gasteiger partial charge in [0.2, 0.25) is 0 Å². The van der Waals surface area contributed by atoms with E-state index < -0.39 is 5.41 Å². The molecule has 152 valence electrons. The molecule has 29 heavy (non-hydrogen) atoms. The quantitative estimate of drug-likeness (QED) is 0.752. The SMILES string of the molecule is COC(=O)C(C)(C)CN1CCN(C2=Nc3ccccc3Cc3ccccc32)CC1. The number of amidine groups is 1. The molecule has 2 heterocycles. The molecule has 0 amide bonds. The average Bonchev–Trinajstić information content (AvgIpc) is 2.90. The zero-order chi connectivity index (χ0) is 20.4. The number of carbonyl (C=O) groups is 1. The van der Waals surface area contributed by atoms with E-state index in [0.717, 1.165) is 44.1 Å². The number of hydrogen-bond acceptors (Lipinski definition) is 5. The lowest BCUT2D eigenvalue weighted by Crippen LogP contribution is -2.52. The van der Waals surface area contributed by atoms with Crippen molar-refractivity contribution in [2.24, 2.45) is 10.4 Å².